The topological polar surface area (TPSA) is 22.1 Å². The van der Waals surface area contributed by atoms with Crippen molar-refractivity contribution in [3.05, 3.63) is 33.6 Å². The third kappa shape index (κ3) is 2.45. The molecule has 0 radical (unpaired) electrons. The Hall–Kier alpha value is -1.06. The molecule has 90 valence electrons. The molecular formula is C13H14ClNOS. The number of nitrogens with zero attached hydrogens (tertiary/aromatic N) is 1. The lowest BCUT2D eigenvalue weighted by atomic mass is 10.0. The van der Waals surface area contributed by atoms with Crippen LogP contribution in [0.2, 0.25) is 0 Å². The average molecular weight is 268 g/mol. The zero-order chi connectivity index (χ0) is 12.4. The van der Waals surface area contributed by atoms with Gasteiger partial charge in [0.2, 0.25) is 0 Å². The van der Waals surface area contributed by atoms with E-state index in [1.54, 1.807) is 18.4 Å². The molecule has 1 heterocycles. The average Bonchev–Trinajstić information content (AvgIpc) is 2.76. The van der Waals surface area contributed by atoms with E-state index in [4.69, 9.17) is 16.3 Å². The molecule has 4 heteroatoms. The quantitative estimate of drug-likeness (QED) is 0.779. The minimum atomic E-state index is 0.456. The van der Waals surface area contributed by atoms with Crippen molar-refractivity contribution in [2.24, 2.45) is 0 Å². The van der Waals surface area contributed by atoms with Crippen LogP contribution in [0.4, 0.5) is 0 Å². The molecule has 0 atom stereocenters. The van der Waals surface area contributed by atoms with Crippen LogP contribution in [0.15, 0.2) is 17.5 Å². The van der Waals surface area contributed by atoms with E-state index in [2.05, 4.69) is 24.9 Å². The molecule has 0 saturated heterocycles. The fourth-order valence-corrected chi connectivity index (χ4v) is 2.79. The number of hydrogen-bond donors (Lipinski definition) is 0. The molecule has 0 amide bonds. The molecule has 0 aliphatic rings. The highest BCUT2D eigenvalue weighted by molar-refractivity contribution is 7.10. The summed E-state index contributed by atoms with van der Waals surface area (Å²) in [7, 11) is 1.69. The van der Waals surface area contributed by atoms with Crippen molar-refractivity contribution in [3.8, 4) is 17.0 Å². The lowest BCUT2D eigenvalue weighted by Gasteiger charge is -2.11. The number of rotatable bonds is 3. The highest BCUT2D eigenvalue weighted by atomic mass is 35.5. The molecule has 17 heavy (non-hydrogen) atoms. The van der Waals surface area contributed by atoms with Gasteiger partial charge in [0.25, 0.3) is 0 Å². The number of aromatic nitrogens is 1. The Balaban J connectivity index is 2.57. The molecule has 1 aromatic carbocycles. The Bertz CT molecular complexity index is 536. The maximum Gasteiger partial charge on any atom is 0.128 e. The van der Waals surface area contributed by atoms with Crippen LogP contribution < -0.4 is 4.74 Å². The van der Waals surface area contributed by atoms with Gasteiger partial charge < -0.3 is 4.74 Å². The largest absolute Gasteiger partial charge is 0.496 e. The molecule has 0 saturated carbocycles. The molecule has 0 bridgehead atoms. The first-order valence-electron chi connectivity index (χ1n) is 5.31. The van der Waals surface area contributed by atoms with Crippen molar-refractivity contribution in [1.82, 2.24) is 4.98 Å². The smallest absolute Gasteiger partial charge is 0.128 e. The molecule has 0 spiro atoms. The summed E-state index contributed by atoms with van der Waals surface area (Å²) in [4.78, 5) is 4.50. The van der Waals surface area contributed by atoms with E-state index in [0.29, 0.717) is 5.88 Å². The second-order valence-electron chi connectivity index (χ2n) is 3.92. The summed E-state index contributed by atoms with van der Waals surface area (Å²) in [6.45, 7) is 4.13. The van der Waals surface area contributed by atoms with Crippen LogP contribution in [0.25, 0.3) is 11.3 Å². The summed E-state index contributed by atoms with van der Waals surface area (Å²) in [6.07, 6.45) is 0. The summed E-state index contributed by atoms with van der Waals surface area (Å²) >= 11 is 7.36. The lowest BCUT2D eigenvalue weighted by molar-refractivity contribution is 0.415. The maximum absolute atomic E-state index is 5.78. The summed E-state index contributed by atoms with van der Waals surface area (Å²) in [6, 6.07) is 4.17. The van der Waals surface area contributed by atoms with Gasteiger partial charge in [0, 0.05) is 10.9 Å². The van der Waals surface area contributed by atoms with E-state index >= 15 is 0 Å². The van der Waals surface area contributed by atoms with Gasteiger partial charge >= 0.3 is 0 Å². The zero-order valence-corrected chi connectivity index (χ0v) is 11.7. The normalized spacial score (nSPS) is 10.6. The Labute approximate surface area is 110 Å². The Morgan fingerprint density at radius 1 is 1.35 bits per heavy atom. The van der Waals surface area contributed by atoms with E-state index in [0.717, 1.165) is 22.0 Å². The summed E-state index contributed by atoms with van der Waals surface area (Å²) in [5, 5.41) is 2.96. The van der Waals surface area contributed by atoms with Crippen LogP contribution in [0.1, 0.15) is 16.1 Å². The minimum absolute atomic E-state index is 0.456. The van der Waals surface area contributed by atoms with Crippen LogP contribution in [0.5, 0.6) is 5.75 Å². The minimum Gasteiger partial charge on any atom is -0.496 e. The van der Waals surface area contributed by atoms with Gasteiger partial charge in [-0.3, -0.25) is 0 Å². The fourth-order valence-electron chi connectivity index (χ4n) is 1.90. The van der Waals surface area contributed by atoms with Crippen LogP contribution in [0, 0.1) is 13.8 Å². The van der Waals surface area contributed by atoms with Gasteiger partial charge in [-0.2, -0.15) is 0 Å². The van der Waals surface area contributed by atoms with Gasteiger partial charge in [0.05, 0.1) is 18.7 Å². The molecule has 0 aliphatic carbocycles. The van der Waals surface area contributed by atoms with Gasteiger partial charge in [-0.05, 0) is 31.0 Å². The number of ether oxygens (including phenoxy) is 1. The zero-order valence-electron chi connectivity index (χ0n) is 10.1. The van der Waals surface area contributed by atoms with Crippen molar-refractivity contribution in [2.75, 3.05) is 7.11 Å². The second-order valence-corrected chi connectivity index (χ2v) is 5.13. The van der Waals surface area contributed by atoms with Gasteiger partial charge in [-0.1, -0.05) is 6.07 Å². The highest BCUT2D eigenvalue weighted by Crippen LogP contribution is 2.34. The predicted molar refractivity (Wildman–Crippen MR) is 73.1 cm³/mol. The Kier molecular flexibility index (Phi) is 3.69. The van der Waals surface area contributed by atoms with Gasteiger partial charge in [0.15, 0.2) is 0 Å². The highest BCUT2D eigenvalue weighted by Gasteiger charge is 2.13. The summed E-state index contributed by atoms with van der Waals surface area (Å²) in [5.74, 6) is 1.33. The third-order valence-corrected chi connectivity index (χ3v) is 3.85. The molecule has 0 unspecified atom stereocenters. The first kappa shape index (κ1) is 12.4. The second kappa shape index (κ2) is 5.07. The van der Waals surface area contributed by atoms with E-state index < -0.39 is 0 Å². The summed E-state index contributed by atoms with van der Waals surface area (Å²) in [5.41, 5.74) is 4.37. The van der Waals surface area contributed by atoms with Crippen molar-refractivity contribution >= 4 is 22.9 Å². The maximum atomic E-state index is 5.78. The number of aryl methyl sites for hydroxylation is 2. The third-order valence-electron chi connectivity index (χ3n) is 2.59. The monoisotopic (exact) mass is 267 g/mol. The number of alkyl halides is 1. The number of hydrogen-bond acceptors (Lipinski definition) is 3. The number of thiazole rings is 1. The molecule has 0 fully saturated rings. The molecule has 2 aromatic rings. The first-order valence-corrected chi connectivity index (χ1v) is 6.73. The van der Waals surface area contributed by atoms with Crippen LogP contribution in [-0.4, -0.2) is 12.1 Å². The molecular weight excluding hydrogens is 254 g/mol. The van der Waals surface area contributed by atoms with E-state index in [9.17, 15) is 0 Å². The van der Waals surface area contributed by atoms with Crippen molar-refractivity contribution in [2.45, 2.75) is 19.7 Å². The molecule has 0 N–H and O–H groups in total. The Morgan fingerprint density at radius 2 is 2.12 bits per heavy atom. The molecule has 2 rings (SSSR count). The number of benzene rings is 1. The van der Waals surface area contributed by atoms with Crippen LogP contribution in [0.3, 0.4) is 0 Å². The molecule has 0 aliphatic heterocycles. The molecule has 2 nitrogen and oxygen atoms in total. The number of methoxy groups -OCH3 is 1. The van der Waals surface area contributed by atoms with Gasteiger partial charge in [-0.25, -0.2) is 4.98 Å². The van der Waals surface area contributed by atoms with E-state index in [-0.39, 0.29) is 0 Å². The van der Waals surface area contributed by atoms with Crippen LogP contribution in [-0.2, 0) is 5.88 Å². The van der Waals surface area contributed by atoms with Gasteiger partial charge in [0.1, 0.15) is 10.8 Å². The Morgan fingerprint density at radius 3 is 2.71 bits per heavy atom. The lowest BCUT2D eigenvalue weighted by Crippen LogP contribution is -1.93. The van der Waals surface area contributed by atoms with E-state index in [1.807, 2.05) is 11.4 Å². The number of halogens is 1. The predicted octanol–water partition coefficient (Wildman–Crippen LogP) is 4.17. The van der Waals surface area contributed by atoms with Crippen molar-refractivity contribution in [3.63, 3.8) is 0 Å². The molecule has 1 aromatic heterocycles. The van der Waals surface area contributed by atoms with E-state index in [1.165, 1.54) is 11.1 Å². The van der Waals surface area contributed by atoms with Crippen molar-refractivity contribution in [1.29, 1.82) is 0 Å². The SMILES string of the molecule is COc1cc(C)cc(C)c1-c1csc(CCl)n1. The standard InChI is InChI=1S/C13H14ClNOS/c1-8-4-9(2)13(11(5-8)16-3)10-7-17-12(6-14)15-10/h4-5,7H,6H2,1-3H3. The fraction of sp³-hybridized carbons (Fsp3) is 0.308. The first-order chi connectivity index (χ1) is 8.15. The van der Waals surface area contributed by atoms with Crippen LogP contribution >= 0.6 is 22.9 Å². The van der Waals surface area contributed by atoms with Gasteiger partial charge in [-0.15, -0.1) is 22.9 Å². The van der Waals surface area contributed by atoms with Crippen molar-refractivity contribution < 1.29 is 4.74 Å². The summed E-state index contributed by atoms with van der Waals surface area (Å²) < 4.78 is 5.44.